The third-order valence-electron chi connectivity index (χ3n) is 0.839. The summed E-state index contributed by atoms with van der Waals surface area (Å²) in [6.45, 7) is 8.35. The van der Waals surface area contributed by atoms with Crippen molar-refractivity contribution in [2.75, 3.05) is 6.54 Å². The first-order valence-electron chi connectivity index (χ1n) is 2.94. The van der Waals surface area contributed by atoms with Gasteiger partial charge in [0.1, 0.15) is 0 Å². The summed E-state index contributed by atoms with van der Waals surface area (Å²) >= 11 is 0. The van der Waals surface area contributed by atoms with Crippen molar-refractivity contribution in [3.05, 3.63) is 24.0 Å². The fraction of sp³-hybridized carbons (Fsp3) is 0.429. The van der Waals surface area contributed by atoms with Gasteiger partial charge in [0.15, 0.2) is 0 Å². The molecular weight excluding hydrogens is 112 g/mol. The van der Waals surface area contributed by atoms with Crippen LogP contribution in [0.3, 0.4) is 0 Å². The predicted molar refractivity (Wildman–Crippen MR) is 40.8 cm³/mol. The van der Waals surface area contributed by atoms with Gasteiger partial charge in [-0.25, -0.2) is 0 Å². The summed E-state index contributed by atoms with van der Waals surface area (Å²) in [4.78, 5) is 0. The molecule has 0 aliphatic rings. The van der Waals surface area contributed by atoms with E-state index in [-0.39, 0.29) is 0 Å². The summed E-state index contributed by atoms with van der Waals surface area (Å²) in [6, 6.07) is 0. The van der Waals surface area contributed by atoms with Gasteiger partial charge in [-0.1, -0.05) is 18.2 Å². The van der Waals surface area contributed by atoms with E-state index in [0.29, 0.717) is 5.82 Å². The monoisotopic (exact) mass is 126 g/mol. The highest BCUT2D eigenvalue weighted by Gasteiger charge is 1.78. The van der Waals surface area contributed by atoms with Gasteiger partial charge in [0.05, 0.1) is 5.82 Å². The molecule has 9 heavy (non-hydrogen) atoms. The fourth-order valence-electron chi connectivity index (χ4n) is 0.386. The summed E-state index contributed by atoms with van der Waals surface area (Å²) < 4.78 is 0. The van der Waals surface area contributed by atoms with Crippen LogP contribution >= 0.6 is 0 Å². The van der Waals surface area contributed by atoms with E-state index < -0.39 is 0 Å². The Bertz CT molecular complexity index is 121. The molecule has 0 saturated heterocycles. The maximum absolute atomic E-state index is 5.24. The summed E-state index contributed by atoms with van der Waals surface area (Å²) in [5.41, 5.74) is 6.53. The zero-order chi connectivity index (χ0) is 7.28. The van der Waals surface area contributed by atoms with Crippen molar-refractivity contribution in [3.8, 4) is 0 Å². The molecule has 0 unspecified atom stereocenters. The molecule has 2 nitrogen and oxygen atoms in total. The Kier molecular flexibility index (Phi) is 3.60. The van der Waals surface area contributed by atoms with Gasteiger partial charge in [0.2, 0.25) is 0 Å². The lowest BCUT2D eigenvalue weighted by Crippen LogP contribution is -2.18. The number of allylic oxidation sites excluding steroid dienone is 1. The molecule has 0 rings (SSSR count). The third kappa shape index (κ3) is 7.08. The van der Waals surface area contributed by atoms with E-state index >= 15 is 0 Å². The Labute approximate surface area is 56.4 Å². The summed E-state index contributed by atoms with van der Waals surface area (Å²) in [5, 5.41) is 2.88. The second-order valence-corrected chi connectivity index (χ2v) is 2.19. The second kappa shape index (κ2) is 4.01. The third-order valence-corrected chi connectivity index (χ3v) is 0.839. The minimum Gasteiger partial charge on any atom is -0.386 e. The van der Waals surface area contributed by atoms with E-state index in [1.807, 2.05) is 13.8 Å². The van der Waals surface area contributed by atoms with Gasteiger partial charge >= 0.3 is 0 Å². The van der Waals surface area contributed by atoms with Gasteiger partial charge < -0.3 is 11.1 Å². The Morgan fingerprint density at radius 2 is 2.22 bits per heavy atom. The van der Waals surface area contributed by atoms with Crippen LogP contribution < -0.4 is 11.1 Å². The quantitative estimate of drug-likeness (QED) is 0.553. The molecule has 0 heterocycles. The molecule has 0 saturated carbocycles. The van der Waals surface area contributed by atoms with Crippen LogP contribution in [0.5, 0.6) is 0 Å². The maximum Gasteiger partial charge on any atom is 0.0888 e. The molecule has 0 spiro atoms. The highest BCUT2D eigenvalue weighted by molar-refractivity contribution is 4.97. The van der Waals surface area contributed by atoms with Crippen LogP contribution in [0.25, 0.3) is 0 Å². The van der Waals surface area contributed by atoms with Gasteiger partial charge in [0.25, 0.3) is 0 Å². The second-order valence-electron chi connectivity index (χ2n) is 2.19. The SMILES string of the molecule is C=C(N)NCC=C(C)C. The molecule has 52 valence electrons. The van der Waals surface area contributed by atoms with Crippen molar-refractivity contribution in [2.24, 2.45) is 5.73 Å². The molecular formula is C7H14N2. The molecule has 0 aromatic rings. The molecule has 3 N–H and O–H groups in total. The first-order chi connectivity index (χ1) is 4.13. The molecule has 2 heteroatoms. The summed E-state index contributed by atoms with van der Waals surface area (Å²) in [6.07, 6.45) is 2.05. The molecule has 0 aromatic heterocycles. The first kappa shape index (κ1) is 8.08. The normalized spacial score (nSPS) is 8.22. The van der Waals surface area contributed by atoms with E-state index in [2.05, 4.69) is 18.0 Å². The molecule has 0 aromatic carbocycles. The standard InChI is InChI=1S/C7H14N2/c1-6(2)4-5-9-7(3)8/h4,9H,3,5,8H2,1-2H3. The zero-order valence-electron chi connectivity index (χ0n) is 6.07. The summed E-state index contributed by atoms with van der Waals surface area (Å²) in [5.74, 6) is 0.521. The maximum atomic E-state index is 5.24. The lowest BCUT2D eigenvalue weighted by molar-refractivity contribution is 0.887. The van der Waals surface area contributed by atoms with Crippen LogP contribution in [0.15, 0.2) is 24.0 Å². The minimum atomic E-state index is 0.521. The van der Waals surface area contributed by atoms with Crippen molar-refractivity contribution in [3.63, 3.8) is 0 Å². The Hall–Kier alpha value is -0.920. The van der Waals surface area contributed by atoms with Gasteiger partial charge in [-0.2, -0.15) is 0 Å². The number of nitrogens with two attached hydrogens (primary N) is 1. The van der Waals surface area contributed by atoms with Crippen LogP contribution in [-0.4, -0.2) is 6.54 Å². The Morgan fingerprint density at radius 3 is 2.56 bits per heavy atom. The fourth-order valence-corrected chi connectivity index (χ4v) is 0.386. The number of hydrogen-bond donors (Lipinski definition) is 2. The molecule has 0 atom stereocenters. The Morgan fingerprint density at radius 1 is 1.67 bits per heavy atom. The van der Waals surface area contributed by atoms with Crippen LogP contribution in [-0.2, 0) is 0 Å². The average Bonchev–Trinajstić information content (AvgIpc) is 1.63. The highest BCUT2D eigenvalue weighted by Crippen LogP contribution is 1.85. The van der Waals surface area contributed by atoms with Gasteiger partial charge in [0, 0.05) is 6.54 Å². The molecule has 0 aliphatic heterocycles. The smallest absolute Gasteiger partial charge is 0.0888 e. The molecule has 0 aliphatic carbocycles. The first-order valence-corrected chi connectivity index (χ1v) is 2.94. The van der Waals surface area contributed by atoms with E-state index in [1.165, 1.54) is 5.57 Å². The molecule has 0 amide bonds. The Balaban J connectivity index is 3.31. The van der Waals surface area contributed by atoms with Gasteiger partial charge in [-0.15, -0.1) is 0 Å². The van der Waals surface area contributed by atoms with Crippen molar-refractivity contribution >= 4 is 0 Å². The van der Waals surface area contributed by atoms with E-state index in [0.717, 1.165) is 6.54 Å². The number of nitrogens with one attached hydrogen (secondary N) is 1. The van der Waals surface area contributed by atoms with Crippen LogP contribution in [0.2, 0.25) is 0 Å². The van der Waals surface area contributed by atoms with Crippen LogP contribution in [0.4, 0.5) is 0 Å². The van der Waals surface area contributed by atoms with Crippen molar-refractivity contribution in [2.45, 2.75) is 13.8 Å². The zero-order valence-corrected chi connectivity index (χ0v) is 6.07. The average molecular weight is 126 g/mol. The number of rotatable bonds is 3. The summed E-state index contributed by atoms with van der Waals surface area (Å²) in [7, 11) is 0. The van der Waals surface area contributed by atoms with Gasteiger partial charge in [-0.3, -0.25) is 0 Å². The minimum absolute atomic E-state index is 0.521. The lowest BCUT2D eigenvalue weighted by atomic mass is 10.3. The van der Waals surface area contributed by atoms with Gasteiger partial charge in [-0.05, 0) is 13.8 Å². The lowest BCUT2D eigenvalue weighted by Gasteiger charge is -1.99. The van der Waals surface area contributed by atoms with Crippen LogP contribution in [0.1, 0.15) is 13.8 Å². The highest BCUT2D eigenvalue weighted by atomic mass is 15.0. The van der Waals surface area contributed by atoms with Crippen molar-refractivity contribution < 1.29 is 0 Å². The van der Waals surface area contributed by atoms with E-state index in [4.69, 9.17) is 5.73 Å². The largest absolute Gasteiger partial charge is 0.386 e. The topological polar surface area (TPSA) is 38.0 Å². The van der Waals surface area contributed by atoms with E-state index in [1.54, 1.807) is 0 Å². The molecule has 0 radical (unpaired) electrons. The van der Waals surface area contributed by atoms with Crippen LogP contribution in [0, 0.1) is 0 Å². The van der Waals surface area contributed by atoms with Crippen molar-refractivity contribution in [1.29, 1.82) is 0 Å². The molecule has 0 bridgehead atoms. The van der Waals surface area contributed by atoms with E-state index in [9.17, 15) is 0 Å². The predicted octanol–water partition coefficient (Wildman–Crippen LogP) is 0.972. The molecule has 0 fully saturated rings. The van der Waals surface area contributed by atoms with Crippen molar-refractivity contribution in [1.82, 2.24) is 5.32 Å². The number of hydrogen-bond acceptors (Lipinski definition) is 2.